The van der Waals surface area contributed by atoms with Gasteiger partial charge in [-0.3, -0.25) is 14.6 Å². The number of halogens is 1. The Kier molecular flexibility index (Phi) is 6.39. The molecule has 2 aromatic rings. The molecule has 0 aliphatic heterocycles. The first-order valence-electron chi connectivity index (χ1n) is 7.39. The number of pyridine rings is 1. The van der Waals surface area contributed by atoms with Gasteiger partial charge in [-0.05, 0) is 36.8 Å². The minimum Gasteiger partial charge on any atom is -0.385 e. The summed E-state index contributed by atoms with van der Waals surface area (Å²) in [4.78, 5) is 28.1. The van der Waals surface area contributed by atoms with Gasteiger partial charge < -0.3 is 15.4 Å². The van der Waals surface area contributed by atoms with Crippen LogP contribution in [0.15, 0.2) is 42.7 Å². The van der Waals surface area contributed by atoms with Gasteiger partial charge in [-0.15, -0.1) is 0 Å². The van der Waals surface area contributed by atoms with E-state index >= 15 is 0 Å². The number of hydrogen-bond donors (Lipinski definition) is 2. The third-order valence-electron chi connectivity index (χ3n) is 3.18. The van der Waals surface area contributed by atoms with E-state index in [0.29, 0.717) is 30.8 Å². The molecule has 0 unspecified atom stereocenters. The molecule has 0 radical (unpaired) electrons. The summed E-state index contributed by atoms with van der Waals surface area (Å²) in [6, 6.07) is 6.85. The molecule has 1 aromatic heterocycles. The van der Waals surface area contributed by atoms with Gasteiger partial charge in [-0.1, -0.05) is 0 Å². The average molecular weight is 331 g/mol. The summed E-state index contributed by atoms with van der Waals surface area (Å²) in [5, 5.41) is 5.34. The molecular formula is C17H18FN3O3. The molecule has 1 heterocycles. The smallest absolute Gasteiger partial charge is 0.257 e. The van der Waals surface area contributed by atoms with E-state index in [9.17, 15) is 14.0 Å². The van der Waals surface area contributed by atoms with Gasteiger partial charge in [0.1, 0.15) is 5.82 Å². The second kappa shape index (κ2) is 8.73. The Hall–Kier alpha value is -2.80. The Balaban J connectivity index is 1.99. The third kappa shape index (κ3) is 5.13. The Bertz CT molecular complexity index is 704. The number of nitrogens with zero attached hydrogens (tertiary/aromatic N) is 1. The predicted octanol–water partition coefficient (Wildman–Crippen LogP) is 2.24. The fourth-order valence-corrected chi connectivity index (χ4v) is 1.95. The van der Waals surface area contributed by atoms with Gasteiger partial charge in [0.05, 0.1) is 11.1 Å². The molecule has 7 heteroatoms. The summed E-state index contributed by atoms with van der Waals surface area (Å²) < 4.78 is 17.8. The number of carbonyl (C=O) groups excluding carboxylic acids is 2. The van der Waals surface area contributed by atoms with Gasteiger partial charge in [-0.25, -0.2) is 4.39 Å². The van der Waals surface area contributed by atoms with Gasteiger partial charge in [0.15, 0.2) is 0 Å². The maximum Gasteiger partial charge on any atom is 0.257 e. The van der Waals surface area contributed by atoms with Crippen LogP contribution in [0.25, 0.3) is 0 Å². The number of carbonyl (C=O) groups is 2. The van der Waals surface area contributed by atoms with E-state index in [0.717, 1.165) is 0 Å². The molecule has 24 heavy (non-hydrogen) atoms. The number of ether oxygens (including phenoxy) is 1. The molecule has 6 nitrogen and oxygen atoms in total. The normalized spacial score (nSPS) is 10.2. The molecule has 1 aromatic carbocycles. The highest BCUT2D eigenvalue weighted by Gasteiger charge is 2.11. The fraction of sp³-hybridized carbons (Fsp3) is 0.235. The summed E-state index contributed by atoms with van der Waals surface area (Å²) in [5.41, 5.74) is 0.985. The average Bonchev–Trinajstić information content (AvgIpc) is 2.60. The van der Waals surface area contributed by atoms with Gasteiger partial charge in [0.2, 0.25) is 0 Å². The molecule has 0 atom stereocenters. The number of rotatable bonds is 7. The summed E-state index contributed by atoms with van der Waals surface area (Å²) >= 11 is 0. The van der Waals surface area contributed by atoms with Gasteiger partial charge in [0, 0.05) is 38.3 Å². The number of methoxy groups -OCH3 is 1. The van der Waals surface area contributed by atoms with Crippen LogP contribution in [0.1, 0.15) is 27.1 Å². The van der Waals surface area contributed by atoms with Crippen LogP contribution in [0, 0.1) is 5.82 Å². The minimum atomic E-state index is -0.428. The molecule has 126 valence electrons. The van der Waals surface area contributed by atoms with Crippen molar-refractivity contribution in [3.63, 3.8) is 0 Å². The highest BCUT2D eigenvalue weighted by atomic mass is 19.1. The Morgan fingerprint density at radius 3 is 2.46 bits per heavy atom. The van der Waals surface area contributed by atoms with Crippen molar-refractivity contribution < 1.29 is 18.7 Å². The van der Waals surface area contributed by atoms with Crippen LogP contribution in [0.3, 0.4) is 0 Å². The van der Waals surface area contributed by atoms with E-state index < -0.39 is 5.91 Å². The first-order chi connectivity index (χ1) is 11.6. The van der Waals surface area contributed by atoms with Crippen molar-refractivity contribution in [2.24, 2.45) is 0 Å². The number of aromatic nitrogens is 1. The van der Waals surface area contributed by atoms with Gasteiger partial charge >= 0.3 is 0 Å². The van der Waals surface area contributed by atoms with E-state index in [4.69, 9.17) is 4.74 Å². The lowest BCUT2D eigenvalue weighted by Crippen LogP contribution is -2.25. The predicted molar refractivity (Wildman–Crippen MR) is 87.4 cm³/mol. The molecule has 0 saturated carbocycles. The Morgan fingerprint density at radius 2 is 1.79 bits per heavy atom. The van der Waals surface area contributed by atoms with Crippen LogP contribution < -0.4 is 10.6 Å². The van der Waals surface area contributed by atoms with E-state index in [1.54, 1.807) is 7.11 Å². The highest BCUT2D eigenvalue weighted by Crippen LogP contribution is 2.11. The lowest BCUT2D eigenvalue weighted by Gasteiger charge is -2.07. The number of nitrogens with one attached hydrogen (secondary N) is 2. The Labute approximate surface area is 139 Å². The van der Waals surface area contributed by atoms with Crippen LogP contribution in [-0.4, -0.2) is 37.1 Å². The van der Waals surface area contributed by atoms with Gasteiger partial charge in [0.25, 0.3) is 11.8 Å². The van der Waals surface area contributed by atoms with Gasteiger partial charge in [-0.2, -0.15) is 0 Å². The zero-order valence-corrected chi connectivity index (χ0v) is 13.2. The van der Waals surface area contributed by atoms with E-state index in [1.807, 2.05) is 0 Å². The number of hydrogen-bond acceptors (Lipinski definition) is 4. The molecule has 2 N–H and O–H groups in total. The zero-order chi connectivity index (χ0) is 17.4. The van der Waals surface area contributed by atoms with Crippen molar-refractivity contribution in [3.8, 4) is 0 Å². The zero-order valence-electron chi connectivity index (χ0n) is 13.2. The van der Waals surface area contributed by atoms with Crippen LogP contribution in [-0.2, 0) is 4.74 Å². The largest absolute Gasteiger partial charge is 0.385 e. The third-order valence-corrected chi connectivity index (χ3v) is 3.18. The second-order valence-corrected chi connectivity index (χ2v) is 5.03. The summed E-state index contributed by atoms with van der Waals surface area (Å²) in [6.45, 7) is 1.03. The van der Waals surface area contributed by atoms with Crippen LogP contribution in [0.4, 0.5) is 10.1 Å². The lowest BCUT2D eigenvalue weighted by molar-refractivity contribution is 0.0948. The van der Waals surface area contributed by atoms with Crippen molar-refractivity contribution in [1.29, 1.82) is 0 Å². The lowest BCUT2D eigenvalue weighted by atomic mass is 10.1. The van der Waals surface area contributed by atoms with Crippen molar-refractivity contribution in [3.05, 3.63) is 59.7 Å². The highest BCUT2D eigenvalue weighted by molar-refractivity contribution is 6.05. The molecule has 2 amide bonds. The van der Waals surface area contributed by atoms with Crippen molar-refractivity contribution >= 4 is 17.5 Å². The van der Waals surface area contributed by atoms with Crippen LogP contribution >= 0.6 is 0 Å². The SMILES string of the molecule is COCCCNC(=O)c1cncc(C(=O)Nc2ccc(F)cc2)c1. The van der Waals surface area contributed by atoms with E-state index in [2.05, 4.69) is 15.6 Å². The van der Waals surface area contributed by atoms with Crippen molar-refractivity contribution in [1.82, 2.24) is 10.3 Å². The molecular weight excluding hydrogens is 313 g/mol. The molecule has 0 bridgehead atoms. The quantitative estimate of drug-likeness (QED) is 0.763. The molecule has 0 aliphatic carbocycles. The second-order valence-electron chi connectivity index (χ2n) is 5.03. The van der Waals surface area contributed by atoms with E-state index in [1.165, 1.54) is 42.7 Å². The number of anilines is 1. The monoisotopic (exact) mass is 331 g/mol. The molecule has 2 rings (SSSR count). The number of amides is 2. The minimum absolute atomic E-state index is 0.240. The maximum atomic E-state index is 12.9. The summed E-state index contributed by atoms with van der Waals surface area (Å²) in [5.74, 6) is -1.13. The fourth-order valence-electron chi connectivity index (χ4n) is 1.95. The Morgan fingerprint density at radius 1 is 1.12 bits per heavy atom. The topological polar surface area (TPSA) is 80.3 Å². The van der Waals surface area contributed by atoms with Crippen LogP contribution in [0.2, 0.25) is 0 Å². The van der Waals surface area contributed by atoms with Crippen molar-refractivity contribution in [2.75, 3.05) is 25.6 Å². The standard InChI is InChI=1S/C17H18FN3O3/c1-24-8-2-7-20-16(22)12-9-13(11-19-10-12)17(23)21-15-5-3-14(18)4-6-15/h3-6,9-11H,2,7-8H2,1H3,(H,20,22)(H,21,23). The summed E-state index contributed by atoms with van der Waals surface area (Å²) in [7, 11) is 1.59. The molecule has 0 aliphatic rings. The maximum absolute atomic E-state index is 12.9. The van der Waals surface area contributed by atoms with Crippen LogP contribution in [0.5, 0.6) is 0 Å². The molecule has 0 saturated heterocycles. The number of benzene rings is 1. The summed E-state index contributed by atoms with van der Waals surface area (Å²) in [6.07, 6.45) is 3.45. The first-order valence-corrected chi connectivity index (χ1v) is 7.39. The first kappa shape index (κ1) is 17.6. The molecule has 0 fully saturated rings. The van der Waals surface area contributed by atoms with Crippen molar-refractivity contribution in [2.45, 2.75) is 6.42 Å². The van der Waals surface area contributed by atoms with E-state index in [-0.39, 0.29) is 17.3 Å². The molecule has 0 spiro atoms.